The predicted molar refractivity (Wildman–Crippen MR) is 69.0 cm³/mol. The Labute approximate surface area is 104 Å². The third-order valence-corrected chi connectivity index (χ3v) is 3.08. The summed E-state index contributed by atoms with van der Waals surface area (Å²) in [5, 5.41) is 6.09. The van der Waals surface area contributed by atoms with Crippen LogP contribution in [-0.4, -0.2) is 14.8 Å². The highest BCUT2D eigenvalue weighted by atomic mass is 35.5. The first-order valence-electron chi connectivity index (χ1n) is 5.29. The van der Waals surface area contributed by atoms with Crippen molar-refractivity contribution >= 4 is 22.5 Å². The van der Waals surface area contributed by atoms with Gasteiger partial charge in [-0.05, 0) is 18.2 Å². The molecule has 0 radical (unpaired) electrons. The number of benzene rings is 1. The molecule has 0 bridgehead atoms. The van der Waals surface area contributed by atoms with E-state index in [9.17, 15) is 0 Å². The molecular formula is C13H10ClN3. The molecule has 0 spiro atoms. The molecular weight excluding hydrogens is 234 g/mol. The summed E-state index contributed by atoms with van der Waals surface area (Å²) in [5.41, 5.74) is 2.91. The lowest BCUT2D eigenvalue weighted by Crippen LogP contribution is -1.89. The van der Waals surface area contributed by atoms with Crippen LogP contribution in [0.2, 0.25) is 5.15 Å². The van der Waals surface area contributed by atoms with Gasteiger partial charge >= 0.3 is 0 Å². The molecule has 84 valence electrons. The van der Waals surface area contributed by atoms with Gasteiger partial charge in [-0.15, -0.1) is 0 Å². The maximum absolute atomic E-state index is 5.99. The first kappa shape index (κ1) is 10.3. The van der Waals surface area contributed by atoms with E-state index in [1.807, 2.05) is 37.4 Å². The zero-order chi connectivity index (χ0) is 11.8. The molecule has 0 fully saturated rings. The van der Waals surface area contributed by atoms with Gasteiger partial charge in [0, 0.05) is 30.3 Å². The van der Waals surface area contributed by atoms with Crippen molar-refractivity contribution in [3.8, 4) is 11.3 Å². The maximum Gasteiger partial charge on any atom is 0.127 e. The third kappa shape index (κ3) is 1.78. The van der Waals surface area contributed by atoms with Gasteiger partial charge in [-0.3, -0.25) is 9.67 Å². The van der Waals surface area contributed by atoms with Gasteiger partial charge in [-0.25, -0.2) is 0 Å². The molecule has 0 saturated heterocycles. The van der Waals surface area contributed by atoms with Gasteiger partial charge < -0.3 is 0 Å². The Hall–Kier alpha value is -1.87. The van der Waals surface area contributed by atoms with E-state index in [-0.39, 0.29) is 0 Å². The molecule has 3 aromatic rings. The van der Waals surface area contributed by atoms with Gasteiger partial charge in [0.25, 0.3) is 0 Å². The summed E-state index contributed by atoms with van der Waals surface area (Å²) in [6, 6.07) is 11.9. The fraction of sp³-hybridized carbons (Fsp3) is 0.0769. The highest BCUT2D eigenvalue weighted by Gasteiger charge is 2.06. The molecule has 0 aliphatic carbocycles. The molecule has 0 unspecified atom stereocenters. The molecule has 0 saturated carbocycles. The van der Waals surface area contributed by atoms with Crippen LogP contribution in [0, 0.1) is 0 Å². The summed E-state index contributed by atoms with van der Waals surface area (Å²) in [4.78, 5) is 4.29. The summed E-state index contributed by atoms with van der Waals surface area (Å²) >= 11 is 5.99. The summed E-state index contributed by atoms with van der Waals surface area (Å²) in [6.45, 7) is 0. The molecule has 17 heavy (non-hydrogen) atoms. The summed E-state index contributed by atoms with van der Waals surface area (Å²) < 4.78 is 1.66. The van der Waals surface area contributed by atoms with Crippen molar-refractivity contribution in [2.24, 2.45) is 7.05 Å². The van der Waals surface area contributed by atoms with Gasteiger partial charge in [-0.2, -0.15) is 5.10 Å². The average Bonchev–Trinajstić information content (AvgIpc) is 2.69. The van der Waals surface area contributed by atoms with Crippen molar-refractivity contribution in [2.75, 3.05) is 0 Å². The number of hydrogen-bond donors (Lipinski definition) is 0. The number of aromatic nitrogens is 3. The highest BCUT2D eigenvalue weighted by molar-refractivity contribution is 6.29. The Kier molecular flexibility index (Phi) is 2.34. The SMILES string of the molecule is Cn1nc(-c2ccc3ncccc3c2)cc1Cl. The zero-order valence-electron chi connectivity index (χ0n) is 9.26. The molecule has 2 aromatic heterocycles. The van der Waals surface area contributed by atoms with E-state index >= 15 is 0 Å². The first-order valence-corrected chi connectivity index (χ1v) is 5.66. The molecule has 0 aliphatic rings. The Morgan fingerprint density at radius 3 is 2.82 bits per heavy atom. The molecule has 1 aromatic carbocycles. The van der Waals surface area contributed by atoms with Crippen LogP contribution < -0.4 is 0 Å². The van der Waals surface area contributed by atoms with Crippen LogP contribution in [0.3, 0.4) is 0 Å². The van der Waals surface area contributed by atoms with Crippen molar-refractivity contribution < 1.29 is 0 Å². The first-order chi connectivity index (χ1) is 8.24. The van der Waals surface area contributed by atoms with E-state index < -0.39 is 0 Å². The summed E-state index contributed by atoms with van der Waals surface area (Å²) in [5.74, 6) is 0. The van der Waals surface area contributed by atoms with Gasteiger partial charge in [0.2, 0.25) is 0 Å². The van der Waals surface area contributed by atoms with E-state index in [1.54, 1.807) is 10.9 Å². The van der Waals surface area contributed by atoms with Crippen molar-refractivity contribution in [3.05, 3.63) is 47.7 Å². The molecule has 3 nitrogen and oxygen atoms in total. The van der Waals surface area contributed by atoms with Gasteiger partial charge in [-0.1, -0.05) is 23.7 Å². The maximum atomic E-state index is 5.99. The Bertz CT molecular complexity index is 668. The molecule has 2 heterocycles. The van der Waals surface area contributed by atoms with E-state index in [2.05, 4.69) is 16.1 Å². The van der Waals surface area contributed by atoms with Crippen molar-refractivity contribution in [1.82, 2.24) is 14.8 Å². The number of hydrogen-bond acceptors (Lipinski definition) is 2. The van der Waals surface area contributed by atoms with Crippen LogP contribution in [0.4, 0.5) is 0 Å². The van der Waals surface area contributed by atoms with Crippen molar-refractivity contribution in [1.29, 1.82) is 0 Å². The predicted octanol–water partition coefficient (Wildman–Crippen LogP) is 3.29. The monoisotopic (exact) mass is 243 g/mol. The summed E-state index contributed by atoms with van der Waals surface area (Å²) in [6.07, 6.45) is 1.79. The van der Waals surface area contributed by atoms with E-state index in [1.165, 1.54) is 0 Å². The summed E-state index contributed by atoms with van der Waals surface area (Å²) in [7, 11) is 1.83. The second-order valence-corrected chi connectivity index (χ2v) is 4.27. The Morgan fingerprint density at radius 1 is 1.18 bits per heavy atom. The quantitative estimate of drug-likeness (QED) is 0.657. The van der Waals surface area contributed by atoms with E-state index in [4.69, 9.17) is 11.6 Å². The number of pyridine rings is 1. The average molecular weight is 244 g/mol. The highest BCUT2D eigenvalue weighted by Crippen LogP contribution is 2.24. The lowest BCUT2D eigenvalue weighted by Gasteiger charge is -1.99. The second-order valence-electron chi connectivity index (χ2n) is 3.89. The van der Waals surface area contributed by atoms with E-state index in [0.29, 0.717) is 5.15 Å². The van der Waals surface area contributed by atoms with Crippen molar-refractivity contribution in [2.45, 2.75) is 0 Å². The normalized spacial score (nSPS) is 10.9. The Morgan fingerprint density at radius 2 is 2.06 bits per heavy atom. The number of rotatable bonds is 1. The lowest BCUT2D eigenvalue weighted by atomic mass is 10.1. The fourth-order valence-electron chi connectivity index (χ4n) is 1.82. The number of fused-ring (bicyclic) bond motifs is 1. The smallest absolute Gasteiger partial charge is 0.127 e. The minimum Gasteiger partial charge on any atom is -0.256 e. The zero-order valence-corrected chi connectivity index (χ0v) is 10.0. The number of aryl methyl sites for hydroxylation is 1. The minimum absolute atomic E-state index is 0.631. The second kappa shape index (κ2) is 3.86. The van der Waals surface area contributed by atoms with Crippen LogP contribution in [0.25, 0.3) is 22.2 Å². The van der Waals surface area contributed by atoms with Crippen LogP contribution >= 0.6 is 11.6 Å². The van der Waals surface area contributed by atoms with Gasteiger partial charge in [0.05, 0.1) is 11.2 Å². The van der Waals surface area contributed by atoms with Gasteiger partial charge in [0.15, 0.2) is 0 Å². The molecule has 3 rings (SSSR count). The minimum atomic E-state index is 0.631. The molecule has 0 amide bonds. The lowest BCUT2D eigenvalue weighted by molar-refractivity contribution is 0.772. The van der Waals surface area contributed by atoms with E-state index in [0.717, 1.165) is 22.2 Å². The van der Waals surface area contributed by atoms with Crippen LogP contribution in [0.5, 0.6) is 0 Å². The third-order valence-electron chi connectivity index (χ3n) is 2.72. The molecule has 0 aliphatic heterocycles. The standard InChI is InChI=1S/C13H10ClN3/c1-17-13(14)8-12(16-17)10-4-5-11-9(7-10)3-2-6-15-11/h2-8H,1H3. The molecule has 4 heteroatoms. The number of nitrogens with zero attached hydrogens (tertiary/aromatic N) is 3. The largest absolute Gasteiger partial charge is 0.256 e. The van der Waals surface area contributed by atoms with Crippen LogP contribution in [-0.2, 0) is 7.05 Å². The van der Waals surface area contributed by atoms with Crippen LogP contribution in [0.15, 0.2) is 42.6 Å². The van der Waals surface area contributed by atoms with Crippen LogP contribution in [0.1, 0.15) is 0 Å². The molecule has 0 atom stereocenters. The van der Waals surface area contributed by atoms with Crippen molar-refractivity contribution in [3.63, 3.8) is 0 Å². The molecule has 0 N–H and O–H groups in total. The fourth-order valence-corrected chi connectivity index (χ4v) is 1.96. The number of halogens is 1. The Balaban J connectivity index is 2.17. The topological polar surface area (TPSA) is 30.7 Å². The van der Waals surface area contributed by atoms with Gasteiger partial charge in [0.1, 0.15) is 5.15 Å².